The van der Waals surface area contributed by atoms with Crippen LogP contribution in [0.25, 0.3) is 0 Å². The van der Waals surface area contributed by atoms with Crippen LogP contribution in [0.3, 0.4) is 0 Å². The molecule has 0 saturated heterocycles. The summed E-state index contributed by atoms with van der Waals surface area (Å²) in [6.07, 6.45) is 2.23. The predicted molar refractivity (Wildman–Crippen MR) is 58.6 cm³/mol. The Morgan fingerprint density at radius 3 is 2.86 bits per heavy atom. The maximum atomic E-state index is 11.5. The molecule has 2 nitrogen and oxygen atoms in total. The Bertz CT molecular complexity index is 331. The van der Waals surface area contributed by atoms with Gasteiger partial charge in [0.15, 0.2) is 5.78 Å². The van der Waals surface area contributed by atoms with Gasteiger partial charge in [0.2, 0.25) is 0 Å². The van der Waals surface area contributed by atoms with Crippen LogP contribution in [0.2, 0.25) is 0 Å². The summed E-state index contributed by atoms with van der Waals surface area (Å²) in [5.41, 5.74) is 1.84. The van der Waals surface area contributed by atoms with Crippen molar-refractivity contribution < 1.29 is 4.79 Å². The van der Waals surface area contributed by atoms with Crippen molar-refractivity contribution in [2.75, 3.05) is 13.6 Å². The van der Waals surface area contributed by atoms with Crippen LogP contribution in [0, 0.1) is 0 Å². The molecule has 0 heterocycles. The average Bonchev–Trinajstić information content (AvgIpc) is 2.25. The van der Waals surface area contributed by atoms with E-state index < -0.39 is 0 Å². The first-order valence-corrected chi connectivity index (χ1v) is 4.69. The number of rotatable bonds is 5. The number of hydrogen-bond acceptors (Lipinski definition) is 2. The molecule has 2 heteroatoms. The van der Waals surface area contributed by atoms with Gasteiger partial charge >= 0.3 is 0 Å². The van der Waals surface area contributed by atoms with E-state index in [9.17, 15) is 4.79 Å². The number of nitrogens with one attached hydrogen (secondary N) is 1. The molecule has 0 fully saturated rings. The van der Waals surface area contributed by atoms with Gasteiger partial charge in [-0.15, -0.1) is 0 Å². The van der Waals surface area contributed by atoms with Crippen molar-refractivity contribution >= 4 is 5.78 Å². The summed E-state index contributed by atoms with van der Waals surface area (Å²) in [7, 11) is 1.90. The van der Waals surface area contributed by atoms with Crippen LogP contribution < -0.4 is 5.32 Å². The lowest BCUT2D eigenvalue weighted by molar-refractivity contribution is 0.104. The highest BCUT2D eigenvalue weighted by molar-refractivity contribution is 6.05. The molecular weight excluding hydrogens is 174 g/mol. The summed E-state index contributed by atoms with van der Waals surface area (Å²) in [6.45, 7) is 4.37. The number of carbonyl (C=O) groups is 1. The van der Waals surface area contributed by atoms with Gasteiger partial charge in [0, 0.05) is 5.56 Å². The van der Waals surface area contributed by atoms with Gasteiger partial charge in [-0.3, -0.25) is 4.79 Å². The molecule has 0 saturated carbocycles. The van der Waals surface area contributed by atoms with Crippen molar-refractivity contribution in [2.45, 2.75) is 6.42 Å². The van der Waals surface area contributed by atoms with Gasteiger partial charge in [-0.2, -0.15) is 0 Å². The quantitative estimate of drug-likeness (QED) is 0.565. The number of allylic oxidation sites excluding steroid dienone is 1. The van der Waals surface area contributed by atoms with Gasteiger partial charge in [0.05, 0.1) is 0 Å². The van der Waals surface area contributed by atoms with Gasteiger partial charge in [0.25, 0.3) is 0 Å². The first-order chi connectivity index (χ1) is 6.79. The summed E-state index contributed by atoms with van der Waals surface area (Å²) in [5.74, 6) is -0.00305. The monoisotopic (exact) mass is 189 g/mol. The number of ketones is 1. The van der Waals surface area contributed by atoms with E-state index in [2.05, 4.69) is 11.9 Å². The van der Waals surface area contributed by atoms with Crippen molar-refractivity contribution in [1.29, 1.82) is 0 Å². The molecule has 0 spiro atoms. The maximum absolute atomic E-state index is 11.5. The number of hydrogen-bond donors (Lipinski definition) is 1. The van der Waals surface area contributed by atoms with E-state index >= 15 is 0 Å². The van der Waals surface area contributed by atoms with Crippen molar-refractivity contribution in [3.8, 4) is 0 Å². The summed E-state index contributed by atoms with van der Waals surface area (Å²) >= 11 is 0. The fraction of sp³-hybridized carbons (Fsp3) is 0.250. The standard InChI is InChI=1S/C12H15NO/c1-3-12(14)11-7-5-4-6-10(11)8-9-13-2/h3-7,13H,1,8-9H2,2H3. The van der Waals surface area contributed by atoms with Gasteiger partial charge < -0.3 is 5.32 Å². The van der Waals surface area contributed by atoms with Crippen molar-refractivity contribution in [2.24, 2.45) is 0 Å². The van der Waals surface area contributed by atoms with Gasteiger partial charge in [-0.1, -0.05) is 30.8 Å². The summed E-state index contributed by atoms with van der Waals surface area (Å²) in [6, 6.07) is 7.65. The fourth-order valence-corrected chi connectivity index (χ4v) is 1.35. The zero-order valence-electron chi connectivity index (χ0n) is 8.42. The van der Waals surface area contributed by atoms with Crippen molar-refractivity contribution in [3.05, 3.63) is 48.0 Å². The number of benzene rings is 1. The van der Waals surface area contributed by atoms with Crippen LogP contribution in [0.15, 0.2) is 36.9 Å². The van der Waals surface area contributed by atoms with Crippen molar-refractivity contribution in [3.63, 3.8) is 0 Å². The topological polar surface area (TPSA) is 29.1 Å². The molecule has 0 aromatic heterocycles. The van der Waals surface area contributed by atoms with Crippen LogP contribution >= 0.6 is 0 Å². The molecule has 1 aromatic rings. The lowest BCUT2D eigenvalue weighted by Gasteiger charge is -2.05. The number of likely N-dealkylation sites (N-methyl/N-ethyl adjacent to an activating group) is 1. The van der Waals surface area contributed by atoms with E-state index in [0.29, 0.717) is 0 Å². The molecule has 0 aliphatic carbocycles. The van der Waals surface area contributed by atoms with Crippen LogP contribution in [-0.2, 0) is 6.42 Å². The molecule has 0 unspecified atom stereocenters. The highest BCUT2D eigenvalue weighted by Crippen LogP contribution is 2.10. The minimum Gasteiger partial charge on any atom is -0.319 e. The Morgan fingerprint density at radius 2 is 2.21 bits per heavy atom. The van der Waals surface area contributed by atoms with Gasteiger partial charge in [-0.05, 0) is 31.7 Å². The molecule has 14 heavy (non-hydrogen) atoms. The SMILES string of the molecule is C=CC(=O)c1ccccc1CCNC. The largest absolute Gasteiger partial charge is 0.319 e. The first kappa shape index (κ1) is 10.7. The molecule has 1 aromatic carbocycles. The molecule has 0 radical (unpaired) electrons. The Kier molecular flexibility index (Phi) is 4.08. The maximum Gasteiger partial charge on any atom is 0.185 e. The van der Waals surface area contributed by atoms with E-state index in [1.807, 2.05) is 31.3 Å². The molecule has 1 N–H and O–H groups in total. The molecule has 0 aliphatic heterocycles. The van der Waals surface area contributed by atoms with Crippen molar-refractivity contribution in [1.82, 2.24) is 5.32 Å². The third kappa shape index (κ3) is 2.54. The second-order valence-corrected chi connectivity index (χ2v) is 3.08. The Labute approximate surface area is 84.6 Å². The molecule has 0 atom stereocenters. The molecule has 1 rings (SSSR count). The first-order valence-electron chi connectivity index (χ1n) is 4.69. The molecule has 0 bridgehead atoms. The second kappa shape index (κ2) is 5.35. The van der Waals surface area contributed by atoms with E-state index in [4.69, 9.17) is 0 Å². The van der Waals surface area contributed by atoms with Crippen LogP contribution in [0.4, 0.5) is 0 Å². The van der Waals surface area contributed by atoms with Gasteiger partial charge in [-0.25, -0.2) is 0 Å². The Balaban J connectivity index is 2.90. The Hall–Kier alpha value is -1.41. The molecule has 74 valence electrons. The van der Waals surface area contributed by atoms with Crippen LogP contribution in [0.1, 0.15) is 15.9 Å². The van der Waals surface area contributed by atoms with Gasteiger partial charge in [0.1, 0.15) is 0 Å². The third-order valence-corrected chi connectivity index (χ3v) is 2.11. The van der Waals surface area contributed by atoms with Crippen LogP contribution in [-0.4, -0.2) is 19.4 Å². The van der Waals surface area contributed by atoms with E-state index in [-0.39, 0.29) is 5.78 Å². The van der Waals surface area contributed by atoms with E-state index in [0.717, 1.165) is 24.1 Å². The minimum atomic E-state index is -0.00305. The smallest absolute Gasteiger partial charge is 0.185 e. The lowest BCUT2D eigenvalue weighted by atomic mass is 10.0. The zero-order valence-corrected chi connectivity index (χ0v) is 8.42. The molecule has 0 amide bonds. The normalized spacial score (nSPS) is 9.79. The third-order valence-electron chi connectivity index (χ3n) is 2.11. The zero-order chi connectivity index (χ0) is 10.4. The summed E-state index contributed by atoms with van der Waals surface area (Å²) in [5, 5.41) is 3.06. The summed E-state index contributed by atoms with van der Waals surface area (Å²) in [4.78, 5) is 11.5. The fourth-order valence-electron chi connectivity index (χ4n) is 1.35. The van der Waals surface area contributed by atoms with Crippen LogP contribution in [0.5, 0.6) is 0 Å². The lowest BCUT2D eigenvalue weighted by Crippen LogP contribution is -2.12. The number of carbonyl (C=O) groups excluding carboxylic acids is 1. The molecular formula is C12H15NO. The van der Waals surface area contributed by atoms with E-state index in [1.54, 1.807) is 0 Å². The highest BCUT2D eigenvalue weighted by atomic mass is 16.1. The Morgan fingerprint density at radius 1 is 1.50 bits per heavy atom. The minimum absolute atomic E-state index is 0.00305. The average molecular weight is 189 g/mol. The highest BCUT2D eigenvalue weighted by Gasteiger charge is 2.06. The summed E-state index contributed by atoms with van der Waals surface area (Å²) < 4.78 is 0. The van der Waals surface area contributed by atoms with E-state index in [1.165, 1.54) is 6.08 Å². The predicted octanol–water partition coefficient (Wildman–Crippen LogP) is 1.82. The second-order valence-electron chi connectivity index (χ2n) is 3.08. The molecule has 0 aliphatic rings.